The molecule has 6 nitrogen and oxygen atoms in total. The number of imide groups is 1. The van der Waals surface area contributed by atoms with Gasteiger partial charge in [-0.05, 0) is 54.1 Å². The van der Waals surface area contributed by atoms with Crippen molar-refractivity contribution in [1.82, 2.24) is 10.2 Å². The van der Waals surface area contributed by atoms with Crippen LogP contribution in [0.2, 0.25) is 0 Å². The molecule has 3 rings (SSSR count). The molecule has 2 N–H and O–H groups in total. The van der Waals surface area contributed by atoms with Crippen LogP contribution < -0.4 is 10.6 Å². The Bertz CT molecular complexity index is 860. The zero-order chi connectivity index (χ0) is 20.6. The van der Waals surface area contributed by atoms with Gasteiger partial charge < -0.3 is 10.6 Å². The minimum Gasteiger partial charge on any atom is -0.338 e. The summed E-state index contributed by atoms with van der Waals surface area (Å²) in [6, 6.07) is 13.0. The molecule has 1 heterocycles. The van der Waals surface area contributed by atoms with E-state index in [1.54, 1.807) is 48.2 Å². The van der Waals surface area contributed by atoms with E-state index >= 15 is 0 Å². The molecule has 1 fully saturated rings. The Labute approximate surface area is 176 Å². The van der Waals surface area contributed by atoms with E-state index in [0.29, 0.717) is 12.2 Å². The van der Waals surface area contributed by atoms with Gasteiger partial charge in [-0.3, -0.25) is 14.5 Å². The largest absolute Gasteiger partial charge is 0.338 e. The normalized spacial score (nSPS) is 13.6. The van der Waals surface area contributed by atoms with Gasteiger partial charge in [-0.1, -0.05) is 23.9 Å². The third-order valence-electron chi connectivity index (χ3n) is 4.08. The van der Waals surface area contributed by atoms with E-state index in [1.165, 1.54) is 17.0 Å². The van der Waals surface area contributed by atoms with Crippen molar-refractivity contribution in [1.29, 1.82) is 0 Å². The zero-order valence-electron chi connectivity index (χ0n) is 15.5. The number of urea groups is 1. The minimum atomic E-state index is -0.300. The van der Waals surface area contributed by atoms with Crippen LogP contribution >= 0.6 is 23.5 Å². The molecule has 29 heavy (non-hydrogen) atoms. The molecule has 1 saturated heterocycles. The first-order valence-corrected chi connectivity index (χ1v) is 11.0. The summed E-state index contributed by atoms with van der Waals surface area (Å²) in [6.07, 6.45) is 0.782. The van der Waals surface area contributed by atoms with Crippen LogP contribution in [0.5, 0.6) is 0 Å². The predicted octanol–water partition coefficient (Wildman–Crippen LogP) is 4.33. The van der Waals surface area contributed by atoms with Gasteiger partial charge in [0.05, 0.1) is 12.3 Å². The number of carbonyl (C=O) groups excluding carboxylic acids is 3. The van der Waals surface area contributed by atoms with Crippen molar-refractivity contribution >= 4 is 46.4 Å². The van der Waals surface area contributed by atoms with Crippen LogP contribution in [-0.2, 0) is 11.3 Å². The molecule has 0 atom stereocenters. The highest BCUT2D eigenvalue weighted by atomic mass is 32.2. The highest BCUT2D eigenvalue weighted by molar-refractivity contribution is 8.14. The topological polar surface area (TPSA) is 78.5 Å². The lowest BCUT2D eigenvalue weighted by atomic mass is 10.2. The Morgan fingerprint density at radius 3 is 2.48 bits per heavy atom. The summed E-state index contributed by atoms with van der Waals surface area (Å²) in [4.78, 5) is 37.5. The molecular formula is C20H20FN3O3S2. The van der Waals surface area contributed by atoms with Crippen molar-refractivity contribution in [3.05, 3.63) is 59.9 Å². The van der Waals surface area contributed by atoms with E-state index in [9.17, 15) is 18.8 Å². The molecule has 1 aliphatic rings. The molecule has 0 aliphatic carbocycles. The standard InChI is InChI=1S/C20H20FN3O3S2/c21-15-4-8-17(9-5-15)28-11-1-10-22-19(26)23-16-6-2-14(3-7-16)12-24-18(25)13-29-20(24)27/h2-9H,1,10-13H2,(H2,22,23,26). The lowest BCUT2D eigenvalue weighted by Crippen LogP contribution is -2.30. The van der Waals surface area contributed by atoms with Crippen LogP contribution in [0.25, 0.3) is 0 Å². The average molecular weight is 434 g/mol. The summed E-state index contributed by atoms with van der Waals surface area (Å²) in [5.74, 6) is 0.574. The second-order valence-corrected chi connectivity index (χ2v) is 8.36. The second kappa shape index (κ2) is 10.3. The van der Waals surface area contributed by atoms with E-state index in [4.69, 9.17) is 0 Å². The molecule has 0 unspecified atom stereocenters. The van der Waals surface area contributed by atoms with Crippen LogP contribution in [0.4, 0.5) is 19.7 Å². The van der Waals surface area contributed by atoms with E-state index < -0.39 is 0 Å². The number of carbonyl (C=O) groups is 3. The number of nitrogens with one attached hydrogen (secondary N) is 2. The molecule has 1 aliphatic heterocycles. The molecule has 4 amide bonds. The van der Waals surface area contributed by atoms with Crippen LogP contribution in [0.15, 0.2) is 53.4 Å². The molecule has 0 aromatic heterocycles. The van der Waals surface area contributed by atoms with Gasteiger partial charge >= 0.3 is 6.03 Å². The fraction of sp³-hybridized carbons (Fsp3) is 0.250. The smallest absolute Gasteiger partial charge is 0.319 e. The molecule has 2 aromatic rings. The SMILES string of the molecule is O=C(NCCCSc1ccc(F)cc1)Nc1ccc(CN2C(=O)CSC2=O)cc1. The molecule has 9 heteroatoms. The summed E-state index contributed by atoms with van der Waals surface area (Å²) in [7, 11) is 0. The van der Waals surface area contributed by atoms with E-state index in [-0.39, 0.29) is 35.3 Å². The van der Waals surface area contributed by atoms with E-state index in [0.717, 1.165) is 34.4 Å². The number of thioether (sulfide) groups is 2. The van der Waals surface area contributed by atoms with Crippen molar-refractivity contribution in [2.45, 2.75) is 17.9 Å². The molecule has 0 radical (unpaired) electrons. The number of nitrogens with zero attached hydrogens (tertiary/aromatic N) is 1. The Morgan fingerprint density at radius 1 is 1.10 bits per heavy atom. The Morgan fingerprint density at radius 2 is 1.83 bits per heavy atom. The van der Waals surface area contributed by atoms with Gasteiger partial charge in [0, 0.05) is 17.1 Å². The highest BCUT2D eigenvalue weighted by Crippen LogP contribution is 2.22. The highest BCUT2D eigenvalue weighted by Gasteiger charge is 2.29. The van der Waals surface area contributed by atoms with E-state index in [2.05, 4.69) is 10.6 Å². The summed E-state index contributed by atoms with van der Waals surface area (Å²) < 4.78 is 12.8. The zero-order valence-corrected chi connectivity index (χ0v) is 17.2. The Balaban J connectivity index is 1.35. The average Bonchev–Trinajstić information content (AvgIpc) is 3.02. The maximum absolute atomic E-state index is 12.8. The summed E-state index contributed by atoms with van der Waals surface area (Å²) >= 11 is 2.62. The number of benzene rings is 2. The number of amides is 4. The fourth-order valence-electron chi connectivity index (χ4n) is 2.58. The minimum absolute atomic E-state index is 0.181. The van der Waals surface area contributed by atoms with Gasteiger partial charge in [0.25, 0.3) is 5.24 Å². The van der Waals surface area contributed by atoms with Crippen molar-refractivity contribution in [2.75, 3.05) is 23.4 Å². The monoisotopic (exact) mass is 433 g/mol. The van der Waals surface area contributed by atoms with Crippen molar-refractivity contribution in [3.63, 3.8) is 0 Å². The van der Waals surface area contributed by atoms with Crippen molar-refractivity contribution in [2.24, 2.45) is 0 Å². The van der Waals surface area contributed by atoms with E-state index in [1.807, 2.05) is 0 Å². The third-order valence-corrected chi connectivity index (χ3v) is 6.04. The number of anilines is 1. The Kier molecular flexibility index (Phi) is 7.54. The fourth-order valence-corrected chi connectivity index (χ4v) is 4.16. The van der Waals surface area contributed by atoms with Crippen LogP contribution in [-0.4, -0.2) is 40.1 Å². The molecule has 152 valence electrons. The van der Waals surface area contributed by atoms with Gasteiger partial charge in [-0.25, -0.2) is 9.18 Å². The first-order valence-electron chi connectivity index (χ1n) is 9.00. The Hall–Kier alpha value is -2.52. The number of hydrogen-bond acceptors (Lipinski definition) is 5. The number of hydrogen-bond donors (Lipinski definition) is 2. The number of rotatable bonds is 8. The maximum Gasteiger partial charge on any atom is 0.319 e. The molecular weight excluding hydrogens is 413 g/mol. The van der Waals surface area contributed by atoms with Gasteiger partial charge in [-0.2, -0.15) is 0 Å². The quantitative estimate of drug-likeness (QED) is 0.479. The predicted molar refractivity (Wildman–Crippen MR) is 114 cm³/mol. The summed E-state index contributed by atoms with van der Waals surface area (Å²) in [6.45, 7) is 0.762. The first-order chi connectivity index (χ1) is 14.0. The third kappa shape index (κ3) is 6.50. The number of halogens is 1. The summed E-state index contributed by atoms with van der Waals surface area (Å²) in [5, 5.41) is 5.31. The summed E-state index contributed by atoms with van der Waals surface area (Å²) in [5.41, 5.74) is 1.44. The molecule has 0 spiro atoms. The van der Waals surface area contributed by atoms with Crippen LogP contribution in [0.1, 0.15) is 12.0 Å². The molecule has 2 aromatic carbocycles. The van der Waals surface area contributed by atoms with Crippen LogP contribution in [0, 0.1) is 5.82 Å². The lowest BCUT2D eigenvalue weighted by molar-refractivity contribution is -0.125. The molecule has 0 saturated carbocycles. The van der Waals surface area contributed by atoms with Crippen molar-refractivity contribution < 1.29 is 18.8 Å². The van der Waals surface area contributed by atoms with Crippen molar-refractivity contribution in [3.8, 4) is 0 Å². The maximum atomic E-state index is 12.8. The van der Waals surface area contributed by atoms with Crippen LogP contribution in [0.3, 0.4) is 0 Å². The second-order valence-electron chi connectivity index (χ2n) is 6.27. The molecule has 0 bridgehead atoms. The van der Waals surface area contributed by atoms with Gasteiger partial charge in [0.15, 0.2) is 0 Å². The van der Waals surface area contributed by atoms with Gasteiger partial charge in [-0.15, -0.1) is 11.8 Å². The van der Waals surface area contributed by atoms with Gasteiger partial charge in [0.2, 0.25) is 5.91 Å². The van der Waals surface area contributed by atoms with Gasteiger partial charge in [0.1, 0.15) is 5.82 Å². The lowest BCUT2D eigenvalue weighted by Gasteiger charge is -2.13. The first kappa shape index (κ1) is 21.2.